The Labute approximate surface area is 156 Å². The van der Waals surface area contributed by atoms with Gasteiger partial charge in [-0.15, -0.1) is 0 Å². The van der Waals surface area contributed by atoms with Crippen LogP contribution in [0.3, 0.4) is 0 Å². The van der Waals surface area contributed by atoms with E-state index in [-0.39, 0.29) is 10.9 Å². The molecule has 0 aliphatic heterocycles. The number of aryl methyl sites for hydroxylation is 1. The van der Waals surface area contributed by atoms with Gasteiger partial charge >= 0.3 is 6.18 Å². The molecule has 0 saturated heterocycles. The molecule has 1 N–H and O–H groups in total. The van der Waals surface area contributed by atoms with Crippen LogP contribution in [-0.2, 0) is 6.18 Å². The van der Waals surface area contributed by atoms with Gasteiger partial charge in [-0.1, -0.05) is 12.1 Å². The van der Waals surface area contributed by atoms with E-state index in [4.69, 9.17) is 4.42 Å². The zero-order chi connectivity index (χ0) is 20.1. The molecule has 0 saturated carbocycles. The predicted molar refractivity (Wildman–Crippen MR) is 95.8 cm³/mol. The van der Waals surface area contributed by atoms with Crippen LogP contribution in [-0.4, -0.2) is 19.7 Å². The van der Waals surface area contributed by atoms with Crippen molar-refractivity contribution in [2.45, 2.75) is 26.1 Å². The van der Waals surface area contributed by atoms with Crippen LogP contribution in [0.4, 0.5) is 13.2 Å². The van der Waals surface area contributed by atoms with E-state index in [1.54, 1.807) is 26.0 Å². The van der Waals surface area contributed by atoms with E-state index in [0.717, 1.165) is 12.1 Å². The van der Waals surface area contributed by atoms with Crippen LogP contribution in [0.25, 0.3) is 22.5 Å². The zero-order valence-corrected chi connectivity index (χ0v) is 14.9. The predicted octanol–water partition coefficient (Wildman–Crippen LogP) is 4.32. The topological polar surface area (TPSA) is 76.7 Å². The van der Waals surface area contributed by atoms with Crippen molar-refractivity contribution in [2.24, 2.45) is 0 Å². The molecule has 0 amide bonds. The van der Waals surface area contributed by atoms with Crippen molar-refractivity contribution in [2.75, 3.05) is 0 Å². The Balaban J connectivity index is 1.88. The Hall–Kier alpha value is -3.36. The quantitative estimate of drug-likeness (QED) is 0.567. The fourth-order valence-corrected chi connectivity index (χ4v) is 3.10. The van der Waals surface area contributed by atoms with Crippen LogP contribution in [0, 0.1) is 6.92 Å². The summed E-state index contributed by atoms with van der Waals surface area (Å²) in [6, 6.07) is 7.74. The van der Waals surface area contributed by atoms with Gasteiger partial charge in [-0.05, 0) is 43.7 Å². The largest absolute Gasteiger partial charge is 0.463 e. The number of rotatable bonds is 3. The van der Waals surface area contributed by atoms with E-state index in [1.165, 1.54) is 23.1 Å². The Kier molecular flexibility index (Phi) is 4.10. The Morgan fingerprint density at radius 3 is 2.50 bits per heavy atom. The molecular formula is C19H15F3N4O2. The number of fused-ring (bicyclic) bond motifs is 1. The van der Waals surface area contributed by atoms with Crippen molar-refractivity contribution >= 4 is 11.0 Å². The first-order valence-corrected chi connectivity index (χ1v) is 8.46. The van der Waals surface area contributed by atoms with Crippen molar-refractivity contribution in [3.63, 3.8) is 0 Å². The summed E-state index contributed by atoms with van der Waals surface area (Å²) in [5, 5.41) is 4.76. The maximum absolute atomic E-state index is 12.8. The number of H-pyrrole nitrogens is 1. The maximum Gasteiger partial charge on any atom is 0.416 e. The molecular weight excluding hydrogens is 373 g/mol. The first-order chi connectivity index (χ1) is 13.3. The van der Waals surface area contributed by atoms with Gasteiger partial charge in [0.2, 0.25) is 0 Å². The smallest absolute Gasteiger partial charge is 0.416 e. The highest BCUT2D eigenvalue weighted by atomic mass is 19.4. The molecule has 1 atom stereocenters. The number of alkyl halides is 3. The lowest BCUT2D eigenvalue weighted by molar-refractivity contribution is -0.137. The number of aromatic amines is 1. The third-order valence-electron chi connectivity index (χ3n) is 4.52. The molecule has 0 spiro atoms. The Morgan fingerprint density at radius 2 is 1.89 bits per heavy atom. The van der Waals surface area contributed by atoms with Gasteiger partial charge in [-0.25, -0.2) is 9.67 Å². The first kappa shape index (κ1) is 18.0. The fourth-order valence-electron chi connectivity index (χ4n) is 3.10. The highest BCUT2D eigenvalue weighted by molar-refractivity contribution is 5.89. The fraction of sp³-hybridized carbons (Fsp3) is 0.211. The number of nitrogens with zero attached hydrogens (tertiary/aromatic N) is 3. The molecule has 1 aromatic carbocycles. The summed E-state index contributed by atoms with van der Waals surface area (Å²) in [6.07, 6.45) is -2.94. The second-order valence-electron chi connectivity index (χ2n) is 6.42. The highest BCUT2D eigenvalue weighted by Crippen LogP contribution is 2.32. The molecule has 0 radical (unpaired) electrons. The molecule has 3 aromatic heterocycles. The average Bonchev–Trinajstić information content (AvgIpc) is 3.28. The van der Waals surface area contributed by atoms with Crippen molar-refractivity contribution in [3.05, 3.63) is 70.0 Å². The number of aromatic nitrogens is 4. The molecule has 4 aromatic rings. The molecule has 28 heavy (non-hydrogen) atoms. The molecule has 0 aliphatic carbocycles. The van der Waals surface area contributed by atoms with Gasteiger partial charge in [0, 0.05) is 0 Å². The lowest BCUT2D eigenvalue weighted by atomic mass is 10.1. The monoisotopic (exact) mass is 388 g/mol. The summed E-state index contributed by atoms with van der Waals surface area (Å²) in [5.41, 5.74) is 0.172. The minimum Gasteiger partial charge on any atom is -0.463 e. The van der Waals surface area contributed by atoms with Crippen LogP contribution >= 0.6 is 0 Å². The summed E-state index contributed by atoms with van der Waals surface area (Å²) in [7, 11) is 0. The lowest BCUT2D eigenvalue weighted by Gasteiger charge is -2.15. The number of nitrogens with one attached hydrogen (secondary N) is 1. The molecule has 0 unspecified atom stereocenters. The van der Waals surface area contributed by atoms with Crippen molar-refractivity contribution < 1.29 is 17.6 Å². The van der Waals surface area contributed by atoms with Crippen LogP contribution in [0.5, 0.6) is 0 Å². The summed E-state index contributed by atoms with van der Waals surface area (Å²) >= 11 is 0. The second kappa shape index (κ2) is 6.36. The van der Waals surface area contributed by atoms with Crippen molar-refractivity contribution in [3.8, 4) is 11.5 Å². The lowest BCUT2D eigenvalue weighted by Crippen LogP contribution is -2.13. The molecule has 6 nitrogen and oxygen atoms in total. The van der Waals surface area contributed by atoms with E-state index in [9.17, 15) is 18.0 Å². The molecule has 9 heteroatoms. The van der Waals surface area contributed by atoms with Crippen molar-refractivity contribution in [1.29, 1.82) is 0 Å². The number of furan rings is 1. The summed E-state index contributed by atoms with van der Waals surface area (Å²) in [6.45, 7) is 3.42. The minimum atomic E-state index is -4.40. The molecule has 0 aliphatic rings. The van der Waals surface area contributed by atoms with Crippen LogP contribution in [0.2, 0.25) is 0 Å². The van der Waals surface area contributed by atoms with Crippen LogP contribution < -0.4 is 5.56 Å². The standard InChI is InChI=1S/C19H15F3N4O2/c1-10(12-5-7-13(8-6-12)19(20,21)22)26-17-15(18(27)24-11(2)23-17)16(25-26)14-4-3-9-28-14/h3-10H,1-2H3,(H,23,24,27)/t10-/m1/s1. The number of benzene rings is 1. The van der Waals surface area contributed by atoms with Gasteiger partial charge in [0.05, 0.1) is 17.9 Å². The zero-order valence-electron chi connectivity index (χ0n) is 14.9. The van der Waals surface area contributed by atoms with E-state index < -0.39 is 17.8 Å². The van der Waals surface area contributed by atoms with Gasteiger partial charge in [-0.2, -0.15) is 18.3 Å². The number of hydrogen-bond donors (Lipinski definition) is 1. The molecule has 4 rings (SSSR count). The highest BCUT2D eigenvalue weighted by Gasteiger charge is 2.30. The van der Waals surface area contributed by atoms with E-state index in [0.29, 0.717) is 28.5 Å². The van der Waals surface area contributed by atoms with Gasteiger partial charge in [-0.3, -0.25) is 4.79 Å². The third kappa shape index (κ3) is 2.98. The van der Waals surface area contributed by atoms with Crippen molar-refractivity contribution in [1.82, 2.24) is 19.7 Å². The first-order valence-electron chi connectivity index (χ1n) is 8.46. The van der Waals surface area contributed by atoms with Crippen LogP contribution in [0.1, 0.15) is 29.9 Å². The van der Waals surface area contributed by atoms with E-state index in [1.807, 2.05) is 0 Å². The SMILES string of the molecule is Cc1nc2c(c(-c3ccco3)nn2[C@H](C)c2ccc(C(F)(F)F)cc2)c(=O)[nH]1. The normalized spacial score (nSPS) is 13.2. The van der Waals surface area contributed by atoms with E-state index >= 15 is 0 Å². The molecule has 3 heterocycles. The van der Waals surface area contributed by atoms with Gasteiger partial charge in [0.15, 0.2) is 11.4 Å². The second-order valence-corrected chi connectivity index (χ2v) is 6.42. The Morgan fingerprint density at radius 1 is 1.18 bits per heavy atom. The Bertz CT molecular complexity index is 1190. The van der Waals surface area contributed by atoms with E-state index in [2.05, 4.69) is 15.1 Å². The summed E-state index contributed by atoms with van der Waals surface area (Å²) in [5.74, 6) is 0.809. The molecule has 144 valence electrons. The van der Waals surface area contributed by atoms with Crippen LogP contribution in [0.15, 0.2) is 51.9 Å². The van der Waals surface area contributed by atoms with Gasteiger partial charge < -0.3 is 9.40 Å². The maximum atomic E-state index is 12.8. The molecule has 0 fully saturated rings. The van der Waals surface area contributed by atoms with Gasteiger partial charge in [0.1, 0.15) is 16.9 Å². The average molecular weight is 388 g/mol. The third-order valence-corrected chi connectivity index (χ3v) is 4.52. The number of halogens is 3. The molecule has 0 bridgehead atoms. The minimum absolute atomic E-state index is 0.263. The van der Waals surface area contributed by atoms with Gasteiger partial charge in [0.25, 0.3) is 5.56 Å². The number of hydrogen-bond acceptors (Lipinski definition) is 4. The summed E-state index contributed by atoms with van der Waals surface area (Å²) in [4.78, 5) is 19.6. The summed E-state index contributed by atoms with van der Waals surface area (Å²) < 4.78 is 45.4.